The minimum absolute atomic E-state index is 0.113. The molecule has 0 aliphatic heterocycles. The van der Waals surface area contributed by atoms with Gasteiger partial charge in [0, 0.05) is 20.2 Å². The zero-order chi connectivity index (χ0) is 11.0. The minimum atomic E-state index is -0.469. The number of nitrogens with one attached hydrogen (secondary N) is 1. The van der Waals surface area contributed by atoms with Crippen molar-refractivity contribution < 1.29 is 4.92 Å². The fraction of sp³-hybridized carbons (Fsp3) is 0.222. The number of pyridine rings is 1. The van der Waals surface area contributed by atoms with Gasteiger partial charge in [-0.15, -0.1) is 0 Å². The van der Waals surface area contributed by atoms with E-state index in [-0.39, 0.29) is 5.82 Å². The average molecular weight is 206 g/mol. The molecule has 0 radical (unpaired) electrons. The van der Waals surface area contributed by atoms with Crippen molar-refractivity contribution in [1.29, 1.82) is 0 Å². The topological polar surface area (TPSA) is 72.5 Å². The highest BCUT2D eigenvalue weighted by atomic mass is 16.6. The molecule has 2 aromatic rings. The Kier molecular flexibility index (Phi) is 2.03. The number of rotatable bonds is 2. The van der Waals surface area contributed by atoms with Crippen molar-refractivity contribution in [1.82, 2.24) is 9.38 Å². The van der Waals surface area contributed by atoms with Gasteiger partial charge in [-0.3, -0.25) is 4.40 Å². The Balaban J connectivity index is 2.88. The Bertz CT molecular complexity index is 532. The summed E-state index contributed by atoms with van der Waals surface area (Å²) in [5, 5.41) is 13.7. The third-order valence-corrected chi connectivity index (χ3v) is 2.26. The number of nitrogens with zero attached hydrogens (tertiary/aromatic N) is 3. The maximum atomic E-state index is 10.8. The highest BCUT2D eigenvalue weighted by Crippen LogP contribution is 2.26. The second-order valence-corrected chi connectivity index (χ2v) is 3.13. The van der Waals surface area contributed by atoms with E-state index in [1.807, 2.05) is 6.07 Å². The molecule has 2 heterocycles. The predicted octanol–water partition coefficient (Wildman–Crippen LogP) is 1.59. The summed E-state index contributed by atoms with van der Waals surface area (Å²) in [7, 11) is 1.72. The lowest BCUT2D eigenvalue weighted by Crippen LogP contribution is -1.95. The highest BCUT2D eigenvalue weighted by Gasteiger charge is 2.21. The van der Waals surface area contributed by atoms with E-state index >= 15 is 0 Å². The van der Waals surface area contributed by atoms with E-state index in [4.69, 9.17) is 0 Å². The summed E-state index contributed by atoms with van der Waals surface area (Å²) in [6.07, 6.45) is 1.76. The van der Waals surface area contributed by atoms with Gasteiger partial charge in [-0.25, -0.2) is 0 Å². The van der Waals surface area contributed by atoms with Crippen LogP contribution in [0.4, 0.5) is 11.5 Å². The first-order chi connectivity index (χ1) is 7.15. The standard InChI is InChI=1S/C9H10N4O2/c1-6-11-9(13(14)15)8-7(10-2)4-3-5-12(6)8/h3-5,10H,1-2H3. The molecule has 15 heavy (non-hydrogen) atoms. The molecule has 2 rings (SSSR count). The second kappa shape index (κ2) is 3.23. The van der Waals surface area contributed by atoms with Gasteiger partial charge in [-0.05, 0) is 22.0 Å². The van der Waals surface area contributed by atoms with E-state index in [0.29, 0.717) is 17.0 Å². The van der Waals surface area contributed by atoms with Crippen LogP contribution in [0.15, 0.2) is 18.3 Å². The Morgan fingerprint density at radius 1 is 1.60 bits per heavy atom. The summed E-state index contributed by atoms with van der Waals surface area (Å²) in [4.78, 5) is 14.3. The van der Waals surface area contributed by atoms with Gasteiger partial charge in [0.25, 0.3) is 0 Å². The fourth-order valence-electron chi connectivity index (χ4n) is 1.60. The Hall–Kier alpha value is -2.11. The average Bonchev–Trinajstić information content (AvgIpc) is 2.56. The number of aromatic nitrogens is 2. The maximum absolute atomic E-state index is 10.8. The van der Waals surface area contributed by atoms with Crippen LogP contribution in [0.1, 0.15) is 5.82 Å². The summed E-state index contributed by atoms with van der Waals surface area (Å²) in [6, 6.07) is 3.60. The summed E-state index contributed by atoms with van der Waals surface area (Å²) < 4.78 is 1.70. The number of hydrogen-bond donors (Lipinski definition) is 1. The van der Waals surface area contributed by atoms with Gasteiger partial charge in [-0.1, -0.05) is 0 Å². The summed E-state index contributed by atoms with van der Waals surface area (Å²) in [5.41, 5.74) is 1.20. The first-order valence-corrected chi connectivity index (χ1v) is 4.45. The van der Waals surface area contributed by atoms with Gasteiger partial charge in [-0.2, -0.15) is 0 Å². The SMILES string of the molecule is CNc1cccn2c(C)nc([N+](=O)[O-])c12. The molecule has 6 nitrogen and oxygen atoms in total. The van der Waals surface area contributed by atoms with Crippen LogP contribution in [-0.4, -0.2) is 21.4 Å². The molecular formula is C9H10N4O2. The van der Waals surface area contributed by atoms with Crippen LogP contribution < -0.4 is 5.32 Å². The van der Waals surface area contributed by atoms with E-state index < -0.39 is 4.92 Å². The van der Waals surface area contributed by atoms with Crippen LogP contribution in [0.25, 0.3) is 5.52 Å². The van der Waals surface area contributed by atoms with Crippen LogP contribution in [0.3, 0.4) is 0 Å². The van der Waals surface area contributed by atoms with Gasteiger partial charge < -0.3 is 15.4 Å². The zero-order valence-corrected chi connectivity index (χ0v) is 8.39. The van der Waals surface area contributed by atoms with E-state index in [9.17, 15) is 10.1 Å². The van der Waals surface area contributed by atoms with E-state index in [1.54, 1.807) is 30.6 Å². The lowest BCUT2D eigenvalue weighted by atomic mass is 10.3. The molecule has 0 aromatic carbocycles. The summed E-state index contributed by atoms with van der Waals surface area (Å²) in [5.74, 6) is 0.492. The third-order valence-electron chi connectivity index (χ3n) is 2.26. The molecule has 0 fully saturated rings. The second-order valence-electron chi connectivity index (χ2n) is 3.13. The van der Waals surface area contributed by atoms with Gasteiger partial charge in [0.2, 0.25) is 5.82 Å². The molecule has 0 saturated heterocycles. The normalized spacial score (nSPS) is 10.5. The number of fused-ring (bicyclic) bond motifs is 1. The molecule has 0 atom stereocenters. The first kappa shape index (κ1) is 9.45. The summed E-state index contributed by atoms with van der Waals surface area (Å²) in [6.45, 7) is 1.74. The molecule has 0 bridgehead atoms. The molecule has 2 aromatic heterocycles. The monoisotopic (exact) mass is 206 g/mol. The highest BCUT2D eigenvalue weighted by molar-refractivity contribution is 5.80. The Morgan fingerprint density at radius 2 is 2.33 bits per heavy atom. The van der Waals surface area contributed by atoms with Crippen molar-refractivity contribution in [3.63, 3.8) is 0 Å². The fourth-order valence-corrected chi connectivity index (χ4v) is 1.60. The minimum Gasteiger partial charge on any atom is -0.386 e. The van der Waals surface area contributed by atoms with E-state index in [1.165, 1.54) is 0 Å². The van der Waals surface area contributed by atoms with E-state index in [2.05, 4.69) is 10.3 Å². The van der Waals surface area contributed by atoms with Crippen molar-refractivity contribution in [2.24, 2.45) is 0 Å². The maximum Gasteiger partial charge on any atom is 0.391 e. The lowest BCUT2D eigenvalue weighted by molar-refractivity contribution is -0.387. The van der Waals surface area contributed by atoms with Gasteiger partial charge >= 0.3 is 5.82 Å². The van der Waals surface area contributed by atoms with Gasteiger partial charge in [0.05, 0.1) is 5.69 Å². The third kappa shape index (κ3) is 1.30. The number of imidazole rings is 1. The summed E-state index contributed by atoms with van der Waals surface area (Å²) >= 11 is 0. The van der Waals surface area contributed by atoms with Crippen LogP contribution in [-0.2, 0) is 0 Å². The molecule has 0 amide bonds. The van der Waals surface area contributed by atoms with Crippen molar-refractivity contribution in [3.8, 4) is 0 Å². The number of nitro groups is 1. The van der Waals surface area contributed by atoms with Crippen LogP contribution in [0.2, 0.25) is 0 Å². The molecule has 0 spiro atoms. The van der Waals surface area contributed by atoms with E-state index in [0.717, 1.165) is 0 Å². The molecule has 0 aliphatic carbocycles. The zero-order valence-electron chi connectivity index (χ0n) is 8.39. The van der Waals surface area contributed by atoms with Crippen LogP contribution in [0, 0.1) is 17.0 Å². The first-order valence-electron chi connectivity index (χ1n) is 4.45. The molecule has 6 heteroatoms. The largest absolute Gasteiger partial charge is 0.391 e. The van der Waals surface area contributed by atoms with Crippen molar-refractivity contribution in [2.75, 3.05) is 12.4 Å². The molecule has 1 N–H and O–H groups in total. The van der Waals surface area contributed by atoms with Crippen LogP contribution >= 0.6 is 0 Å². The van der Waals surface area contributed by atoms with Gasteiger partial charge in [0.1, 0.15) is 0 Å². The molecule has 0 saturated carbocycles. The van der Waals surface area contributed by atoms with Gasteiger partial charge in [0.15, 0.2) is 5.52 Å². The predicted molar refractivity (Wildman–Crippen MR) is 56.1 cm³/mol. The van der Waals surface area contributed by atoms with Crippen molar-refractivity contribution in [3.05, 3.63) is 34.3 Å². The number of anilines is 1. The molecule has 0 unspecified atom stereocenters. The Morgan fingerprint density at radius 3 is 2.93 bits per heavy atom. The number of aryl methyl sites for hydroxylation is 1. The molecule has 0 aliphatic rings. The smallest absolute Gasteiger partial charge is 0.386 e. The van der Waals surface area contributed by atoms with Crippen LogP contribution in [0.5, 0.6) is 0 Å². The Labute approximate surface area is 85.7 Å². The quantitative estimate of drug-likeness (QED) is 0.598. The van der Waals surface area contributed by atoms with Crippen molar-refractivity contribution in [2.45, 2.75) is 6.92 Å². The lowest BCUT2D eigenvalue weighted by Gasteiger charge is -2.01. The molecular weight excluding hydrogens is 196 g/mol. The molecule has 78 valence electrons. The number of hydrogen-bond acceptors (Lipinski definition) is 4. The van der Waals surface area contributed by atoms with Crippen molar-refractivity contribution >= 4 is 17.0 Å².